The molecule has 1 aromatic carbocycles. The maximum Gasteiger partial charge on any atom is 0.261 e. The van der Waals surface area contributed by atoms with Gasteiger partial charge in [-0.25, -0.2) is 0 Å². The topological polar surface area (TPSA) is 44.8 Å². The number of anilines is 1. The predicted octanol–water partition coefficient (Wildman–Crippen LogP) is 3.95. The van der Waals surface area contributed by atoms with E-state index in [1.54, 1.807) is 23.1 Å². The van der Waals surface area contributed by atoms with Crippen LogP contribution in [-0.2, 0) is 4.74 Å². The number of fused-ring (bicyclic) bond motifs is 3. The van der Waals surface area contributed by atoms with E-state index in [4.69, 9.17) is 4.74 Å². The molecule has 1 N–H and O–H groups in total. The Hall–Kier alpha value is -1.54. The number of carbonyl (C=O) groups is 1. The summed E-state index contributed by atoms with van der Waals surface area (Å²) in [6.07, 6.45) is 2.41. The Balaban J connectivity index is 1.27. The molecule has 7 heteroatoms. The number of piperidine rings is 3. The summed E-state index contributed by atoms with van der Waals surface area (Å²) in [5.74, 6) is 0.710. The molecule has 1 aromatic heterocycles. The Morgan fingerprint density at radius 2 is 1.87 bits per heavy atom. The van der Waals surface area contributed by atoms with Crippen molar-refractivity contribution < 1.29 is 9.53 Å². The van der Waals surface area contributed by atoms with Crippen molar-refractivity contribution in [3.05, 3.63) is 41.3 Å². The van der Waals surface area contributed by atoms with E-state index in [9.17, 15) is 4.79 Å². The van der Waals surface area contributed by atoms with Gasteiger partial charge in [-0.1, -0.05) is 23.9 Å². The van der Waals surface area contributed by atoms with Gasteiger partial charge in [0.1, 0.15) is 0 Å². The molecule has 1 amide bonds. The molecule has 2 bridgehead atoms. The summed E-state index contributed by atoms with van der Waals surface area (Å²) in [6.45, 7) is 8.02. The smallest absolute Gasteiger partial charge is 0.261 e. The Labute approximate surface area is 186 Å². The first-order valence-corrected chi connectivity index (χ1v) is 12.6. The number of hydrogen-bond donors (Lipinski definition) is 1. The van der Waals surface area contributed by atoms with Gasteiger partial charge in [0.25, 0.3) is 5.91 Å². The number of para-hydroxylation sites is 1. The van der Waals surface area contributed by atoms with Crippen LogP contribution in [0.1, 0.15) is 29.4 Å². The number of hydrogen-bond acceptors (Lipinski definition) is 6. The van der Waals surface area contributed by atoms with Gasteiger partial charge < -0.3 is 15.0 Å². The number of carbonyl (C=O) groups excluding carboxylic acids is 1. The molecule has 160 valence electrons. The van der Waals surface area contributed by atoms with Gasteiger partial charge in [0.15, 0.2) is 0 Å². The summed E-state index contributed by atoms with van der Waals surface area (Å²) < 4.78 is 6.66. The van der Waals surface area contributed by atoms with Gasteiger partial charge in [0.05, 0.1) is 28.0 Å². The van der Waals surface area contributed by atoms with Crippen LogP contribution in [0, 0.1) is 5.92 Å². The quantitative estimate of drug-likeness (QED) is 0.758. The van der Waals surface area contributed by atoms with Crippen molar-refractivity contribution >= 4 is 34.7 Å². The van der Waals surface area contributed by atoms with E-state index < -0.39 is 0 Å². The number of benzene rings is 1. The molecule has 4 aliphatic heterocycles. The van der Waals surface area contributed by atoms with E-state index in [1.807, 2.05) is 6.07 Å². The SMILES string of the molecule is C[C@H]1[C@H](NC(=O)c2ccc(Sc3ccccc3N3CCOCC3)s2)C2CCN1CC2. The highest BCUT2D eigenvalue weighted by molar-refractivity contribution is 8.01. The lowest BCUT2D eigenvalue weighted by molar-refractivity contribution is 0.0218. The minimum atomic E-state index is 0.0823. The Morgan fingerprint density at radius 3 is 2.63 bits per heavy atom. The number of rotatable bonds is 5. The lowest BCUT2D eigenvalue weighted by Crippen LogP contribution is -2.62. The second-order valence-corrected chi connectivity index (χ2v) is 10.8. The summed E-state index contributed by atoms with van der Waals surface area (Å²) in [5.41, 5.74) is 1.26. The minimum Gasteiger partial charge on any atom is -0.378 e. The van der Waals surface area contributed by atoms with Gasteiger partial charge in [0.2, 0.25) is 0 Å². The lowest BCUT2D eigenvalue weighted by atomic mass is 9.79. The van der Waals surface area contributed by atoms with Gasteiger partial charge in [-0.05, 0) is 63.0 Å². The Kier molecular flexibility index (Phi) is 6.05. The molecule has 0 radical (unpaired) electrons. The maximum absolute atomic E-state index is 13.0. The second kappa shape index (κ2) is 8.91. The third-order valence-electron chi connectivity index (χ3n) is 6.71. The summed E-state index contributed by atoms with van der Waals surface area (Å²) in [4.78, 5) is 19.9. The number of ether oxygens (including phenoxy) is 1. The number of amides is 1. The normalized spacial score (nSPS) is 28.5. The Morgan fingerprint density at radius 1 is 1.10 bits per heavy atom. The standard InChI is InChI=1S/C23H29N3O2S2/c1-16-22(17-8-10-25(16)11-9-17)24-23(27)20-6-7-21(30-20)29-19-5-3-2-4-18(19)26-12-14-28-15-13-26/h2-7,16-17,22H,8-15H2,1H3,(H,24,27)/t16-,22-/m0/s1. The van der Waals surface area contributed by atoms with Crippen LogP contribution in [0.5, 0.6) is 0 Å². The Bertz CT molecular complexity index is 886. The third-order valence-corrected chi connectivity index (χ3v) is 8.99. The van der Waals surface area contributed by atoms with E-state index in [0.717, 1.165) is 35.4 Å². The molecular weight excluding hydrogens is 414 g/mol. The van der Waals surface area contributed by atoms with Crippen LogP contribution < -0.4 is 10.2 Å². The zero-order valence-electron chi connectivity index (χ0n) is 17.4. The fourth-order valence-corrected chi connectivity index (χ4v) is 7.13. The maximum atomic E-state index is 13.0. The molecule has 5 nitrogen and oxygen atoms in total. The van der Waals surface area contributed by atoms with E-state index in [-0.39, 0.29) is 11.9 Å². The highest BCUT2D eigenvalue weighted by Gasteiger charge is 2.40. The number of nitrogens with one attached hydrogen (secondary N) is 1. The van der Waals surface area contributed by atoms with Gasteiger partial charge >= 0.3 is 0 Å². The van der Waals surface area contributed by atoms with Crippen LogP contribution in [0.4, 0.5) is 5.69 Å². The van der Waals surface area contributed by atoms with Gasteiger partial charge in [-0.3, -0.25) is 9.69 Å². The molecule has 0 unspecified atom stereocenters. The predicted molar refractivity (Wildman–Crippen MR) is 123 cm³/mol. The summed E-state index contributed by atoms with van der Waals surface area (Å²) in [7, 11) is 0. The minimum absolute atomic E-state index is 0.0823. The van der Waals surface area contributed by atoms with Gasteiger partial charge in [-0.15, -0.1) is 11.3 Å². The number of nitrogens with zero attached hydrogens (tertiary/aromatic N) is 2. The molecule has 30 heavy (non-hydrogen) atoms. The van der Waals surface area contributed by atoms with Crippen molar-refractivity contribution in [3.63, 3.8) is 0 Å². The van der Waals surface area contributed by atoms with Crippen LogP contribution in [0.25, 0.3) is 0 Å². The highest BCUT2D eigenvalue weighted by atomic mass is 32.2. The number of morpholine rings is 1. The van der Waals surface area contributed by atoms with Gasteiger partial charge in [-0.2, -0.15) is 0 Å². The van der Waals surface area contributed by atoms with Crippen molar-refractivity contribution in [3.8, 4) is 0 Å². The molecule has 0 saturated carbocycles. The molecule has 4 fully saturated rings. The summed E-state index contributed by atoms with van der Waals surface area (Å²) in [6, 6.07) is 13.3. The molecule has 6 rings (SSSR count). The van der Waals surface area contributed by atoms with Crippen molar-refractivity contribution in [2.24, 2.45) is 5.92 Å². The molecule has 0 aliphatic carbocycles. The second-order valence-electron chi connectivity index (χ2n) is 8.40. The van der Waals surface area contributed by atoms with Crippen LogP contribution >= 0.6 is 23.1 Å². The van der Waals surface area contributed by atoms with E-state index in [1.165, 1.54) is 36.5 Å². The largest absolute Gasteiger partial charge is 0.378 e. The highest BCUT2D eigenvalue weighted by Crippen LogP contribution is 2.39. The van der Waals surface area contributed by atoms with Crippen molar-refractivity contribution in [1.29, 1.82) is 0 Å². The van der Waals surface area contributed by atoms with Crippen LogP contribution in [0.2, 0.25) is 0 Å². The van der Waals surface area contributed by atoms with Gasteiger partial charge in [0, 0.05) is 30.1 Å². The van der Waals surface area contributed by atoms with Crippen LogP contribution in [0.3, 0.4) is 0 Å². The van der Waals surface area contributed by atoms with E-state index in [2.05, 4.69) is 52.4 Å². The fraction of sp³-hybridized carbons (Fsp3) is 0.522. The van der Waals surface area contributed by atoms with E-state index in [0.29, 0.717) is 12.0 Å². The third kappa shape index (κ3) is 4.13. The molecule has 2 aromatic rings. The average Bonchev–Trinajstić information content (AvgIpc) is 3.26. The fourth-order valence-electron chi connectivity index (χ4n) is 4.98. The summed E-state index contributed by atoms with van der Waals surface area (Å²) in [5, 5.41) is 3.36. The molecule has 5 heterocycles. The molecule has 2 atom stereocenters. The zero-order valence-corrected chi connectivity index (χ0v) is 19.0. The van der Waals surface area contributed by atoms with Crippen molar-refractivity contribution in [1.82, 2.24) is 10.2 Å². The molecule has 0 spiro atoms. The first-order chi connectivity index (χ1) is 14.7. The molecule has 4 saturated heterocycles. The van der Waals surface area contributed by atoms with E-state index >= 15 is 0 Å². The van der Waals surface area contributed by atoms with Crippen LogP contribution in [-0.4, -0.2) is 62.3 Å². The molecular formula is C23H29N3O2S2. The first-order valence-electron chi connectivity index (χ1n) is 10.9. The van der Waals surface area contributed by atoms with Crippen molar-refractivity contribution in [2.75, 3.05) is 44.3 Å². The lowest BCUT2D eigenvalue weighted by Gasteiger charge is -2.49. The average molecular weight is 444 g/mol. The first kappa shape index (κ1) is 20.4. The van der Waals surface area contributed by atoms with Crippen LogP contribution in [0.15, 0.2) is 45.5 Å². The summed E-state index contributed by atoms with van der Waals surface area (Å²) >= 11 is 3.35. The number of thiophene rings is 1. The monoisotopic (exact) mass is 443 g/mol. The molecule has 4 aliphatic rings. The zero-order chi connectivity index (χ0) is 20.5. The van der Waals surface area contributed by atoms with Crippen molar-refractivity contribution in [2.45, 2.75) is 41.0 Å².